The quantitative estimate of drug-likeness (QED) is 0.682. The summed E-state index contributed by atoms with van der Waals surface area (Å²) in [4.78, 5) is 0. The first-order valence-corrected chi connectivity index (χ1v) is 9.64. The molecular formula is C20H22O2. The van der Waals surface area contributed by atoms with E-state index in [-0.39, 0.29) is 0 Å². The lowest BCUT2D eigenvalue weighted by Crippen LogP contribution is -2.34. The highest BCUT2D eigenvalue weighted by atomic mass is 16.5. The molecule has 6 fully saturated rings. The number of hydrogen-bond acceptors (Lipinski definition) is 2. The smallest absolute Gasteiger partial charge is 0.101 e. The van der Waals surface area contributed by atoms with Gasteiger partial charge in [-0.2, -0.15) is 0 Å². The van der Waals surface area contributed by atoms with Crippen LogP contribution >= 0.6 is 0 Å². The third-order valence-corrected chi connectivity index (χ3v) is 9.57. The molecule has 0 radical (unpaired) electrons. The molecule has 2 heterocycles. The maximum absolute atomic E-state index is 6.30. The first kappa shape index (κ1) is 10.8. The Morgan fingerprint density at radius 2 is 1.09 bits per heavy atom. The third-order valence-electron chi connectivity index (χ3n) is 9.57. The van der Waals surface area contributed by atoms with Crippen molar-refractivity contribution in [2.75, 3.05) is 0 Å². The van der Waals surface area contributed by atoms with Gasteiger partial charge in [-0.05, 0) is 84.2 Å². The van der Waals surface area contributed by atoms with E-state index in [0.29, 0.717) is 12.2 Å². The van der Waals surface area contributed by atoms with Crippen LogP contribution < -0.4 is 0 Å². The number of allylic oxidation sites excluding steroid dienone is 2. The van der Waals surface area contributed by atoms with Crippen LogP contribution in [0.2, 0.25) is 0 Å². The molecule has 2 aliphatic heterocycles. The van der Waals surface area contributed by atoms with Crippen LogP contribution in [0.1, 0.15) is 25.7 Å². The van der Waals surface area contributed by atoms with E-state index < -0.39 is 0 Å². The van der Waals surface area contributed by atoms with Gasteiger partial charge in [0.2, 0.25) is 0 Å². The summed E-state index contributed by atoms with van der Waals surface area (Å²) in [6.45, 7) is 0. The number of fused-ring (bicyclic) bond motifs is 4. The van der Waals surface area contributed by atoms with Crippen molar-refractivity contribution in [2.45, 2.75) is 37.9 Å². The minimum Gasteiger partial charge on any atom is -0.498 e. The van der Waals surface area contributed by atoms with Gasteiger partial charge in [0.25, 0.3) is 0 Å². The number of ether oxygens (including phenoxy) is 2. The van der Waals surface area contributed by atoms with Crippen molar-refractivity contribution in [1.82, 2.24) is 0 Å². The standard InChI is InChI=1S/C20H22O2/c1-3-11-15-7(1)13-9-5-22-12-4-2-8-14-10(6-21-11)17(15)19(13)20(14)18(9)16(8)12/h5-8,11-20H,1-4H2. The number of hydrogen-bond donors (Lipinski definition) is 0. The lowest BCUT2D eigenvalue weighted by molar-refractivity contribution is 0.0417. The molecule has 0 bridgehead atoms. The fourth-order valence-corrected chi connectivity index (χ4v) is 9.59. The molecule has 0 saturated heterocycles. The van der Waals surface area contributed by atoms with Crippen LogP contribution in [0.25, 0.3) is 0 Å². The average molecular weight is 294 g/mol. The zero-order valence-corrected chi connectivity index (χ0v) is 12.7. The first-order valence-electron chi connectivity index (χ1n) is 9.64. The van der Waals surface area contributed by atoms with E-state index in [1.54, 1.807) is 11.1 Å². The van der Waals surface area contributed by atoms with Crippen molar-refractivity contribution in [3.63, 3.8) is 0 Å². The summed E-state index contributed by atoms with van der Waals surface area (Å²) in [7, 11) is 0. The second-order valence-corrected chi connectivity index (χ2v) is 9.48. The van der Waals surface area contributed by atoms with Gasteiger partial charge < -0.3 is 9.47 Å². The summed E-state index contributed by atoms with van der Waals surface area (Å²) in [5.74, 6) is 9.04. The molecule has 0 aromatic heterocycles. The van der Waals surface area contributed by atoms with Crippen LogP contribution in [-0.2, 0) is 9.47 Å². The fraction of sp³-hybridized carbons (Fsp3) is 0.800. The van der Waals surface area contributed by atoms with Gasteiger partial charge in [-0.3, -0.25) is 0 Å². The summed E-state index contributed by atoms with van der Waals surface area (Å²) >= 11 is 0. The summed E-state index contributed by atoms with van der Waals surface area (Å²) in [6, 6.07) is 0. The highest BCUT2D eigenvalue weighted by Gasteiger charge is 2.77. The minimum absolute atomic E-state index is 0.554. The monoisotopic (exact) mass is 294 g/mol. The molecule has 2 heteroatoms. The van der Waals surface area contributed by atoms with Crippen LogP contribution in [-0.4, -0.2) is 12.2 Å². The van der Waals surface area contributed by atoms with Gasteiger partial charge in [0.1, 0.15) is 12.2 Å². The zero-order chi connectivity index (χ0) is 13.7. The molecular weight excluding hydrogens is 272 g/mol. The normalized spacial score (nSPS) is 69.5. The van der Waals surface area contributed by atoms with Crippen LogP contribution in [0.3, 0.4) is 0 Å². The summed E-state index contributed by atoms with van der Waals surface area (Å²) in [5, 5.41) is 0. The van der Waals surface area contributed by atoms with Crippen molar-refractivity contribution >= 4 is 0 Å². The van der Waals surface area contributed by atoms with Gasteiger partial charge in [-0.1, -0.05) is 0 Å². The van der Waals surface area contributed by atoms with Crippen LogP contribution in [0.4, 0.5) is 0 Å². The van der Waals surface area contributed by atoms with Gasteiger partial charge in [0.05, 0.1) is 12.5 Å². The van der Waals surface area contributed by atoms with Gasteiger partial charge >= 0.3 is 0 Å². The van der Waals surface area contributed by atoms with E-state index in [1.165, 1.54) is 25.7 Å². The van der Waals surface area contributed by atoms with E-state index in [1.807, 2.05) is 0 Å². The Morgan fingerprint density at radius 3 is 1.59 bits per heavy atom. The predicted molar refractivity (Wildman–Crippen MR) is 79.3 cm³/mol. The Kier molecular flexibility index (Phi) is 1.49. The van der Waals surface area contributed by atoms with E-state index >= 15 is 0 Å². The highest BCUT2D eigenvalue weighted by Crippen LogP contribution is 2.80. The topological polar surface area (TPSA) is 18.5 Å². The lowest BCUT2D eigenvalue weighted by Gasteiger charge is -2.36. The molecule has 12 atom stereocenters. The van der Waals surface area contributed by atoms with Gasteiger partial charge in [0, 0.05) is 11.8 Å². The molecule has 12 unspecified atom stereocenters. The Hall–Kier alpha value is -0.920. The van der Waals surface area contributed by atoms with E-state index in [0.717, 1.165) is 59.2 Å². The van der Waals surface area contributed by atoms with Gasteiger partial charge in [-0.25, -0.2) is 0 Å². The van der Waals surface area contributed by atoms with Crippen LogP contribution in [0.15, 0.2) is 23.7 Å². The van der Waals surface area contributed by atoms with Gasteiger partial charge in [-0.15, -0.1) is 0 Å². The molecule has 2 nitrogen and oxygen atoms in total. The summed E-state index contributed by atoms with van der Waals surface area (Å²) < 4.78 is 12.6. The fourth-order valence-electron chi connectivity index (χ4n) is 9.59. The molecule has 22 heavy (non-hydrogen) atoms. The predicted octanol–water partition coefficient (Wildman–Crippen LogP) is 3.36. The maximum atomic E-state index is 6.30. The Labute approximate surface area is 130 Å². The molecule has 114 valence electrons. The van der Waals surface area contributed by atoms with E-state index in [4.69, 9.17) is 9.47 Å². The highest BCUT2D eigenvalue weighted by molar-refractivity contribution is 5.43. The third kappa shape index (κ3) is 0.823. The second-order valence-electron chi connectivity index (χ2n) is 9.48. The van der Waals surface area contributed by atoms with Crippen LogP contribution in [0.5, 0.6) is 0 Å². The molecule has 6 aliphatic carbocycles. The molecule has 8 aliphatic rings. The average Bonchev–Trinajstić information content (AvgIpc) is 3.29. The lowest BCUT2D eigenvalue weighted by atomic mass is 9.75. The summed E-state index contributed by atoms with van der Waals surface area (Å²) in [6.07, 6.45) is 11.1. The molecule has 0 aromatic carbocycles. The molecule has 8 rings (SSSR count). The van der Waals surface area contributed by atoms with Gasteiger partial charge in [0.15, 0.2) is 0 Å². The van der Waals surface area contributed by atoms with Crippen LogP contribution in [0, 0.1) is 59.2 Å². The molecule has 0 N–H and O–H groups in total. The second kappa shape index (κ2) is 3.03. The SMILES string of the molecule is C1=C2C3C4CCC5OC=C6C7C8CCC(O1)C8C2C7C3C6C54. The number of rotatable bonds is 0. The molecule has 0 spiro atoms. The van der Waals surface area contributed by atoms with Crippen molar-refractivity contribution in [3.8, 4) is 0 Å². The minimum atomic E-state index is 0.554. The Morgan fingerprint density at radius 1 is 0.591 bits per heavy atom. The Balaban J connectivity index is 1.45. The van der Waals surface area contributed by atoms with E-state index in [2.05, 4.69) is 12.5 Å². The van der Waals surface area contributed by atoms with Crippen molar-refractivity contribution in [2.24, 2.45) is 59.2 Å². The molecule has 0 amide bonds. The first-order chi connectivity index (χ1) is 10.9. The molecule has 0 aromatic rings. The molecule has 6 saturated carbocycles. The van der Waals surface area contributed by atoms with Crippen molar-refractivity contribution in [1.29, 1.82) is 0 Å². The zero-order valence-electron chi connectivity index (χ0n) is 12.7. The summed E-state index contributed by atoms with van der Waals surface area (Å²) in [5.41, 5.74) is 3.56. The van der Waals surface area contributed by atoms with E-state index in [9.17, 15) is 0 Å². The largest absolute Gasteiger partial charge is 0.498 e. The van der Waals surface area contributed by atoms with Crippen molar-refractivity contribution in [3.05, 3.63) is 23.7 Å². The Bertz CT molecular complexity index is 619. The maximum Gasteiger partial charge on any atom is 0.101 e. The van der Waals surface area contributed by atoms with Crippen molar-refractivity contribution < 1.29 is 9.47 Å².